The molecule has 0 unspecified atom stereocenters. The van der Waals surface area contributed by atoms with Crippen molar-refractivity contribution in [2.24, 2.45) is 0 Å². The molecule has 200 valence electrons. The lowest BCUT2D eigenvalue weighted by Gasteiger charge is -2.34. The van der Waals surface area contributed by atoms with Crippen LogP contribution in [0.1, 0.15) is 68.3 Å². The SMILES string of the molecule is CC[C@H](C(=O)NC1CCCCC1)N(Cc1ccccc1)C(=O)CN(c1cccc(C(C)=O)c1)S(C)(=O)=O. The Balaban J connectivity index is 1.91. The predicted octanol–water partition coefficient (Wildman–Crippen LogP) is 3.91. The van der Waals surface area contributed by atoms with E-state index in [0.717, 1.165) is 48.2 Å². The molecule has 1 fully saturated rings. The Kier molecular flexibility index (Phi) is 9.86. The van der Waals surface area contributed by atoms with E-state index < -0.39 is 28.5 Å². The van der Waals surface area contributed by atoms with Crippen LogP contribution in [0.2, 0.25) is 0 Å². The third-order valence-electron chi connectivity index (χ3n) is 6.75. The molecule has 0 aromatic heterocycles. The molecular weight excluding hydrogens is 490 g/mol. The number of sulfonamides is 1. The van der Waals surface area contributed by atoms with E-state index in [0.29, 0.717) is 12.0 Å². The molecular formula is C28H37N3O5S. The fraction of sp³-hybridized carbons (Fsp3) is 0.464. The van der Waals surface area contributed by atoms with Gasteiger partial charge >= 0.3 is 0 Å². The quantitative estimate of drug-likeness (QED) is 0.446. The van der Waals surface area contributed by atoms with Gasteiger partial charge in [-0.05, 0) is 43.9 Å². The van der Waals surface area contributed by atoms with Crippen LogP contribution in [0.4, 0.5) is 5.69 Å². The number of amides is 2. The maximum Gasteiger partial charge on any atom is 0.244 e. The van der Waals surface area contributed by atoms with Crippen LogP contribution in [-0.4, -0.2) is 55.8 Å². The molecule has 1 saturated carbocycles. The highest BCUT2D eigenvalue weighted by molar-refractivity contribution is 7.92. The molecule has 1 N–H and O–H groups in total. The lowest BCUT2D eigenvalue weighted by Crippen LogP contribution is -2.53. The molecule has 0 spiro atoms. The van der Waals surface area contributed by atoms with Crippen LogP contribution in [0.15, 0.2) is 54.6 Å². The Morgan fingerprint density at radius 2 is 1.68 bits per heavy atom. The second-order valence-electron chi connectivity index (χ2n) is 9.65. The van der Waals surface area contributed by atoms with E-state index in [9.17, 15) is 22.8 Å². The van der Waals surface area contributed by atoms with E-state index in [-0.39, 0.29) is 30.0 Å². The largest absolute Gasteiger partial charge is 0.352 e. The number of hydrogen-bond donors (Lipinski definition) is 1. The minimum Gasteiger partial charge on any atom is -0.352 e. The van der Waals surface area contributed by atoms with Gasteiger partial charge < -0.3 is 10.2 Å². The van der Waals surface area contributed by atoms with Crippen molar-refractivity contribution in [1.29, 1.82) is 0 Å². The Hall–Kier alpha value is -3.20. The summed E-state index contributed by atoms with van der Waals surface area (Å²) in [7, 11) is -3.86. The molecule has 0 heterocycles. The lowest BCUT2D eigenvalue weighted by atomic mass is 9.95. The van der Waals surface area contributed by atoms with E-state index in [4.69, 9.17) is 0 Å². The van der Waals surface area contributed by atoms with Gasteiger partial charge in [-0.15, -0.1) is 0 Å². The molecule has 0 saturated heterocycles. The normalized spacial score (nSPS) is 15.0. The maximum atomic E-state index is 13.8. The number of ketones is 1. The van der Waals surface area contributed by atoms with Crippen LogP contribution in [0, 0.1) is 0 Å². The van der Waals surface area contributed by atoms with Gasteiger partial charge in [0.25, 0.3) is 0 Å². The lowest BCUT2D eigenvalue weighted by molar-refractivity contribution is -0.140. The van der Waals surface area contributed by atoms with Crippen LogP contribution in [-0.2, 0) is 26.2 Å². The van der Waals surface area contributed by atoms with Crippen molar-refractivity contribution in [3.8, 4) is 0 Å². The summed E-state index contributed by atoms with van der Waals surface area (Å²) >= 11 is 0. The van der Waals surface area contributed by atoms with Gasteiger partial charge in [0.05, 0.1) is 11.9 Å². The number of benzene rings is 2. The molecule has 3 rings (SSSR count). The molecule has 2 aromatic carbocycles. The number of Topliss-reactive ketones (excluding diaryl/α,β-unsaturated/α-hetero) is 1. The number of carbonyl (C=O) groups excluding carboxylic acids is 3. The highest BCUT2D eigenvalue weighted by Gasteiger charge is 2.32. The number of rotatable bonds is 11. The van der Waals surface area contributed by atoms with Crippen molar-refractivity contribution < 1.29 is 22.8 Å². The zero-order valence-corrected chi connectivity index (χ0v) is 22.7. The number of carbonyl (C=O) groups is 3. The first-order valence-corrected chi connectivity index (χ1v) is 14.7. The van der Waals surface area contributed by atoms with E-state index in [1.807, 2.05) is 37.3 Å². The van der Waals surface area contributed by atoms with Crippen molar-refractivity contribution in [3.05, 3.63) is 65.7 Å². The van der Waals surface area contributed by atoms with Crippen molar-refractivity contribution in [3.63, 3.8) is 0 Å². The second kappa shape index (κ2) is 12.9. The number of nitrogens with zero attached hydrogens (tertiary/aromatic N) is 2. The highest BCUT2D eigenvalue weighted by atomic mass is 32.2. The monoisotopic (exact) mass is 527 g/mol. The Morgan fingerprint density at radius 1 is 1.00 bits per heavy atom. The molecule has 0 aliphatic heterocycles. The van der Waals surface area contributed by atoms with Gasteiger partial charge in [0, 0.05) is 18.2 Å². The number of nitrogens with one attached hydrogen (secondary N) is 1. The molecule has 1 aliphatic carbocycles. The van der Waals surface area contributed by atoms with Gasteiger partial charge in [0.2, 0.25) is 21.8 Å². The fourth-order valence-electron chi connectivity index (χ4n) is 4.74. The Morgan fingerprint density at radius 3 is 2.27 bits per heavy atom. The topological polar surface area (TPSA) is 104 Å². The molecule has 8 nitrogen and oxygen atoms in total. The van der Waals surface area contributed by atoms with Gasteiger partial charge in [-0.25, -0.2) is 8.42 Å². The smallest absolute Gasteiger partial charge is 0.244 e. The van der Waals surface area contributed by atoms with E-state index in [1.54, 1.807) is 18.2 Å². The maximum absolute atomic E-state index is 13.8. The molecule has 1 aliphatic rings. The summed E-state index contributed by atoms with van der Waals surface area (Å²) in [4.78, 5) is 40.5. The van der Waals surface area contributed by atoms with Gasteiger partial charge in [-0.1, -0.05) is 68.7 Å². The van der Waals surface area contributed by atoms with E-state index in [2.05, 4.69) is 5.32 Å². The molecule has 2 amide bonds. The summed E-state index contributed by atoms with van der Waals surface area (Å²) in [6, 6.07) is 14.9. The minimum atomic E-state index is -3.86. The third-order valence-corrected chi connectivity index (χ3v) is 7.89. The molecule has 0 bridgehead atoms. The van der Waals surface area contributed by atoms with Crippen molar-refractivity contribution in [2.45, 2.75) is 71.0 Å². The van der Waals surface area contributed by atoms with Crippen molar-refractivity contribution in [2.75, 3.05) is 17.1 Å². The zero-order chi connectivity index (χ0) is 27.0. The van der Waals surface area contributed by atoms with Crippen LogP contribution < -0.4 is 9.62 Å². The second-order valence-corrected chi connectivity index (χ2v) is 11.6. The van der Waals surface area contributed by atoms with Crippen molar-refractivity contribution >= 4 is 33.3 Å². The predicted molar refractivity (Wildman–Crippen MR) is 145 cm³/mol. The molecule has 0 radical (unpaired) electrons. The summed E-state index contributed by atoms with van der Waals surface area (Å²) in [5.41, 5.74) is 1.41. The third kappa shape index (κ3) is 7.89. The first-order valence-electron chi connectivity index (χ1n) is 12.8. The van der Waals surface area contributed by atoms with Gasteiger partial charge in [-0.2, -0.15) is 0 Å². The molecule has 2 aromatic rings. The first kappa shape index (κ1) is 28.4. The summed E-state index contributed by atoms with van der Waals surface area (Å²) in [5, 5.41) is 3.12. The molecule has 9 heteroatoms. The first-order chi connectivity index (χ1) is 17.6. The summed E-state index contributed by atoms with van der Waals surface area (Å²) in [6.07, 6.45) is 6.54. The standard InChI is InChI=1S/C28H37N3O5S/c1-4-26(28(34)29-24-15-9-6-10-16-24)30(19-22-12-7-5-8-13-22)27(33)20-31(37(3,35)36)25-17-11-14-23(18-25)21(2)32/h5,7-8,11-14,17-18,24,26H,4,6,9-10,15-16,19-20H2,1-3H3,(H,29,34)/t26-/m1/s1. The van der Waals surface area contributed by atoms with Gasteiger partial charge in [0.1, 0.15) is 12.6 Å². The van der Waals surface area contributed by atoms with E-state index in [1.165, 1.54) is 17.9 Å². The fourth-order valence-corrected chi connectivity index (χ4v) is 5.58. The molecule has 1 atom stereocenters. The zero-order valence-electron chi connectivity index (χ0n) is 21.9. The number of hydrogen-bond acceptors (Lipinski definition) is 5. The average molecular weight is 528 g/mol. The Labute approximate surface area is 220 Å². The minimum absolute atomic E-state index is 0.0887. The van der Waals surface area contributed by atoms with Gasteiger partial charge in [0.15, 0.2) is 5.78 Å². The summed E-state index contributed by atoms with van der Waals surface area (Å²) < 4.78 is 26.5. The Bertz CT molecular complexity index is 1190. The highest BCUT2D eigenvalue weighted by Crippen LogP contribution is 2.22. The summed E-state index contributed by atoms with van der Waals surface area (Å²) in [6.45, 7) is 2.93. The summed E-state index contributed by atoms with van der Waals surface area (Å²) in [5.74, 6) is -0.922. The van der Waals surface area contributed by atoms with Crippen LogP contribution in [0.25, 0.3) is 0 Å². The number of anilines is 1. The average Bonchev–Trinajstić information content (AvgIpc) is 2.87. The van der Waals surface area contributed by atoms with Crippen molar-refractivity contribution in [1.82, 2.24) is 10.2 Å². The van der Waals surface area contributed by atoms with Gasteiger partial charge in [-0.3, -0.25) is 18.7 Å². The van der Waals surface area contributed by atoms with Crippen LogP contribution in [0.3, 0.4) is 0 Å². The van der Waals surface area contributed by atoms with E-state index >= 15 is 0 Å². The molecule has 37 heavy (non-hydrogen) atoms. The van der Waals surface area contributed by atoms with Crippen LogP contribution in [0.5, 0.6) is 0 Å². The van der Waals surface area contributed by atoms with Crippen LogP contribution >= 0.6 is 0 Å².